The highest BCUT2D eigenvalue weighted by Gasteiger charge is 2.24. The van der Waals surface area contributed by atoms with Crippen LogP contribution in [0, 0.1) is 5.92 Å². The molecule has 0 spiro atoms. The number of nitrogens with one attached hydrogen (secondary N) is 2. The molecule has 0 radical (unpaired) electrons. The molecule has 6 heteroatoms. The zero-order valence-corrected chi connectivity index (χ0v) is 18.9. The lowest BCUT2D eigenvalue weighted by Gasteiger charge is -2.18. The van der Waals surface area contributed by atoms with Gasteiger partial charge in [0.1, 0.15) is 12.3 Å². The number of carbonyl (C=O) groups excluding carboxylic acids is 2. The number of fused-ring (bicyclic) bond motifs is 1. The molecule has 0 bridgehead atoms. The molecule has 1 atom stereocenters. The van der Waals surface area contributed by atoms with E-state index >= 15 is 0 Å². The van der Waals surface area contributed by atoms with Gasteiger partial charge in [0.2, 0.25) is 0 Å². The Balaban J connectivity index is 1.74. The number of aromatic nitrogens is 1. The number of oxime groups is 1. The van der Waals surface area contributed by atoms with Gasteiger partial charge in [-0.05, 0) is 23.1 Å². The van der Waals surface area contributed by atoms with Crippen LogP contribution in [-0.4, -0.2) is 28.4 Å². The number of benzene rings is 2. The summed E-state index contributed by atoms with van der Waals surface area (Å²) in [5.74, 6) is -0.162. The van der Waals surface area contributed by atoms with Gasteiger partial charge in [-0.1, -0.05) is 74.5 Å². The first-order chi connectivity index (χ1) is 15.5. The van der Waals surface area contributed by atoms with Crippen LogP contribution in [0.1, 0.15) is 44.7 Å². The second-order valence-corrected chi connectivity index (χ2v) is 8.30. The summed E-state index contributed by atoms with van der Waals surface area (Å²) in [7, 11) is 0. The summed E-state index contributed by atoms with van der Waals surface area (Å²) < 4.78 is 0. The van der Waals surface area contributed by atoms with Crippen LogP contribution < -0.4 is 5.32 Å². The van der Waals surface area contributed by atoms with Gasteiger partial charge in [-0.25, -0.2) is 0 Å². The SMILES string of the molecule is CCC(=O)C(Cc1c[nH]c2ccccc12)NC(=O)C(CC(C)C)=NOCc1ccccc1. The minimum Gasteiger partial charge on any atom is -0.391 e. The molecule has 2 N–H and O–H groups in total. The fraction of sp³-hybridized carbons (Fsp3) is 0.346. The molecule has 3 rings (SSSR count). The molecule has 0 aliphatic carbocycles. The summed E-state index contributed by atoms with van der Waals surface area (Å²) in [6, 6.07) is 17.0. The molecule has 1 heterocycles. The maximum absolute atomic E-state index is 13.1. The van der Waals surface area contributed by atoms with Crippen LogP contribution in [0.2, 0.25) is 0 Å². The van der Waals surface area contributed by atoms with E-state index in [4.69, 9.17) is 4.84 Å². The van der Waals surface area contributed by atoms with Crippen molar-refractivity contribution in [2.45, 2.75) is 52.7 Å². The Hall–Kier alpha value is -3.41. The highest BCUT2D eigenvalue weighted by Crippen LogP contribution is 2.19. The van der Waals surface area contributed by atoms with E-state index in [-0.39, 0.29) is 24.2 Å². The van der Waals surface area contributed by atoms with Crippen molar-refractivity contribution in [2.24, 2.45) is 11.1 Å². The number of H-pyrrole nitrogens is 1. The van der Waals surface area contributed by atoms with Crippen molar-refractivity contribution < 1.29 is 14.4 Å². The van der Waals surface area contributed by atoms with E-state index in [0.29, 0.717) is 25.0 Å². The van der Waals surface area contributed by atoms with Gasteiger partial charge in [-0.2, -0.15) is 0 Å². The van der Waals surface area contributed by atoms with Gasteiger partial charge in [0, 0.05) is 36.4 Å². The van der Waals surface area contributed by atoms with E-state index in [2.05, 4.69) is 15.5 Å². The Morgan fingerprint density at radius 1 is 1.06 bits per heavy atom. The van der Waals surface area contributed by atoms with Crippen molar-refractivity contribution in [3.8, 4) is 0 Å². The van der Waals surface area contributed by atoms with Gasteiger partial charge in [-0.15, -0.1) is 0 Å². The number of carbonyl (C=O) groups is 2. The maximum atomic E-state index is 13.1. The number of ketones is 1. The number of aromatic amines is 1. The summed E-state index contributed by atoms with van der Waals surface area (Å²) in [4.78, 5) is 34.4. The quantitative estimate of drug-likeness (QED) is 0.337. The molecule has 0 fully saturated rings. The van der Waals surface area contributed by atoms with Crippen LogP contribution in [0.4, 0.5) is 0 Å². The van der Waals surface area contributed by atoms with Crippen molar-refractivity contribution in [1.82, 2.24) is 10.3 Å². The van der Waals surface area contributed by atoms with Gasteiger partial charge in [0.15, 0.2) is 5.78 Å². The zero-order chi connectivity index (χ0) is 22.9. The molecule has 1 amide bonds. The van der Waals surface area contributed by atoms with E-state index in [1.807, 2.05) is 81.6 Å². The Bertz CT molecular complexity index is 1070. The van der Waals surface area contributed by atoms with Gasteiger partial charge >= 0.3 is 0 Å². The molecule has 168 valence electrons. The minimum atomic E-state index is -0.627. The fourth-order valence-electron chi connectivity index (χ4n) is 3.57. The van der Waals surface area contributed by atoms with Gasteiger partial charge in [0.25, 0.3) is 5.91 Å². The van der Waals surface area contributed by atoms with E-state index in [1.165, 1.54) is 0 Å². The Labute approximate surface area is 189 Å². The molecule has 2 aromatic carbocycles. The van der Waals surface area contributed by atoms with Gasteiger partial charge in [0.05, 0.1) is 6.04 Å². The summed E-state index contributed by atoms with van der Waals surface area (Å²) in [5.41, 5.74) is 3.27. The van der Waals surface area contributed by atoms with E-state index < -0.39 is 6.04 Å². The number of hydrogen-bond donors (Lipinski definition) is 2. The molecule has 3 aromatic rings. The lowest BCUT2D eigenvalue weighted by atomic mass is 9.99. The number of nitrogens with zero attached hydrogens (tertiary/aromatic N) is 1. The average Bonchev–Trinajstić information content (AvgIpc) is 3.20. The third kappa shape index (κ3) is 6.30. The highest BCUT2D eigenvalue weighted by atomic mass is 16.6. The van der Waals surface area contributed by atoms with Crippen LogP contribution >= 0.6 is 0 Å². The molecule has 1 unspecified atom stereocenters. The first-order valence-corrected chi connectivity index (χ1v) is 11.1. The zero-order valence-electron chi connectivity index (χ0n) is 18.9. The number of hydrogen-bond acceptors (Lipinski definition) is 4. The summed E-state index contributed by atoms with van der Waals surface area (Å²) in [6.07, 6.45) is 3.12. The van der Waals surface area contributed by atoms with E-state index in [0.717, 1.165) is 22.0 Å². The molecular weight excluding hydrogens is 402 g/mol. The van der Waals surface area contributed by atoms with Crippen LogP contribution in [0.25, 0.3) is 10.9 Å². The highest BCUT2D eigenvalue weighted by molar-refractivity contribution is 6.39. The number of amides is 1. The monoisotopic (exact) mass is 433 g/mol. The largest absolute Gasteiger partial charge is 0.391 e. The molecule has 1 aromatic heterocycles. The lowest BCUT2D eigenvalue weighted by Crippen LogP contribution is -2.45. The summed E-state index contributed by atoms with van der Waals surface area (Å²) in [6.45, 7) is 6.12. The predicted molar refractivity (Wildman–Crippen MR) is 127 cm³/mol. The molecule has 0 aliphatic rings. The molecule has 0 aliphatic heterocycles. The van der Waals surface area contributed by atoms with Crippen molar-refractivity contribution in [2.75, 3.05) is 0 Å². The van der Waals surface area contributed by atoms with Crippen LogP contribution in [0.3, 0.4) is 0 Å². The summed E-state index contributed by atoms with van der Waals surface area (Å²) in [5, 5.41) is 8.10. The summed E-state index contributed by atoms with van der Waals surface area (Å²) >= 11 is 0. The molecule has 0 saturated heterocycles. The number of Topliss-reactive ketones (excluding diaryl/α,β-unsaturated/α-hetero) is 1. The Morgan fingerprint density at radius 2 is 1.78 bits per heavy atom. The fourth-order valence-corrected chi connectivity index (χ4v) is 3.57. The predicted octanol–water partition coefficient (Wildman–Crippen LogP) is 4.79. The van der Waals surface area contributed by atoms with Crippen molar-refractivity contribution in [3.63, 3.8) is 0 Å². The molecular formula is C26H31N3O3. The van der Waals surface area contributed by atoms with Crippen LogP contribution in [-0.2, 0) is 27.5 Å². The second-order valence-electron chi connectivity index (χ2n) is 8.30. The smallest absolute Gasteiger partial charge is 0.269 e. The van der Waals surface area contributed by atoms with E-state index in [9.17, 15) is 9.59 Å². The number of para-hydroxylation sites is 1. The van der Waals surface area contributed by atoms with Crippen molar-refractivity contribution in [3.05, 3.63) is 71.9 Å². The number of rotatable bonds is 11. The van der Waals surface area contributed by atoms with Crippen molar-refractivity contribution >= 4 is 28.3 Å². The topological polar surface area (TPSA) is 83.5 Å². The van der Waals surface area contributed by atoms with Gasteiger partial charge in [-0.3, -0.25) is 9.59 Å². The first-order valence-electron chi connectivity index (χ1n) is 11.1. The van der Waals surface area contributed by atoms with Crippen LogP contribution in [0.5, 0.6) is 0 Å². The standard InChI is InChI=1S/C26H31N3O3/c1-4-25(30)23(15-20-16-27-22-13-9-8-12-21(20)22)28-26(31)24(14-18(2)3)29-32-17-19-10-6-5-7-11-19/h5-13,16,18,23,27H,4,14-15,17H2,1-3H3,(H,28,31). The second kappa shape index (κ2) is 11.3. The minimum absolute atomic E-state index is 0.0160. The molecule has 32 heavy (non-hydrogen) atoms. The third-order valence-electron chi connectivity index (χ3n) is 5.25. The Morgan fingerprint density at radius 3 is 2.50 bits per heavy atom. The van der Waals surface area contributed by atoms with Crippen molar-refractivity contribution in [1.29, 1.82) is 0 Å². The molecule has 0 saturated carbocycles. The van der Waals surface area contributed by atoms with E-state index in [1.54, 1.807) is 0 Å². The van der Waals surface area contributed by atoms with Gasteiger partial charge < -0.3 is 15.1 Å². The third-order valence-corrected chi connectivity index (χ3v) is 5.25. The average molecular weight is 434 g/mol. The van der Waals surface area contributed by atoms with Crippen LogP contribution in [0.15, 0.2) is 65.9 Å². The maximum Gasteiger partial charge on any atom is 0.269 e. The lowest BCUT2D eigenvalue weighted by molar-refractivity contribution is -0.124. The first kappa shape index (κ1) is 23.3. The Kier molecular flexibility index (Phi) is 8.20. The normalized spacial score (nSPS) is 12.7. The molecule has 6 nitrogen and oxygen atoms in total.